The minimum Gasteiger partial charge on any atom is -0.486 e. The minimum atomic E-state index is -3.77. The summed E-state index contributed by atoms with van der Waals surface area (Å²) in [6, 6.07) is 11.5. The fourth-order valence-corrected chi connectivity index (χ4v) is 6.70. The molecule has 0 aliphatic carbocycles. The van der Waals surface area contributed by atoms with Crippen LogP contribution in [0.15, 0.2) is 52.3 Å². The van der Waals surface area contributed by atoms with Gasteiger partial charge in [0.05, 0.1) is 9.79 Å². The Morgan fingerprint density at radius 3 is 1.84 bits per heavy atom. The third-order valence-corrected chi connectivity index (χ3v) is 9.86. The van der Waals surface area contributed by atoms with Crippen molar-refractivity contribution in [1.29, 1.82) is 0 Å². The number of hydrogen-bond acceptors (Lipinski definition) is 6. The van der Waals surface area contributed by atoms with Crippen molar-refractivity contribution in [1.82, 2.24) is 8.61 Å². The van der Waals surface area contributed by atoms with Gasteiger partial charge in [0.1, 0.15) is 13.2 Å². The summed E-state index contributed by atoms with van der Waals surface area (Å²) >= 11 is 0. The van der Waals surface area contributed by atoms with Crippen LogP contribution in [0.25, 0.3) is 0 Å². The molecule has 4 rings (SSSR count). The predicted octanol–water partition coefficient (Wildman–Crippen LogP) is 2.67. The molecule has 2 heterocycles. The van der Waals surface area contributed by atoms with Crippen LogP contribution in [0.4, 0.5) is 0 Å². The molecule has 2 aliphatic heterocycles. The van der Waals surface area contributed by atoms with E-state index in [1.165, 1.54) is 20.7 Å². The standard InChI is InChI=1S/C22H28N2O6S2/c1-3-17(2)18-4-6-19(7-5-18)31(25,26)23-10-12-24(13-11-23)32(27,28)20-8-9-21-22(16-20)30-15-14-29-21/h4-9,16-17H,3,10-15H2,1-2H3. The van der Waals surface area contributed by atoms with E-state index in [4.69, 9.17) is 9.47 Å². The first kappa shape index (κ1) is 23.0. The average Bonchev–Trinajstić information content (AvgIpc) is 2.83. The van der Waals surface area contributed by atoms with Gasteiger partial charge in [0.2, 0.25) is 20.0 Å². The van der Waals surface area contributed by atoms with Gasteiger partial charge in [-0.2, -0.15) is 8.61 Å². The molecule has 0 spiro atoms. The van der Waals surface area contributed by atoms with Crippen LogP contribution in [0.2, 0.25) is 0 Å². The van der Waals surface area contributed by atoms with Crippen LogP contribution in [0.5, 0.6) is 11.5 Å². The average molecular weight is 481 g/mol. The van der Waals surface area contributed by atoms with Crippen molar-refractivity contribution in [2.24, 2.45) is 0 Å². The van der Waals surface area contributed by atoms with Gasteiger partial charge in [0, 0.05) is 32.2 Å². The molecule has 1 saturated heterocycles. The number of ether oxygens (including phenoxy) is 2. The molecule has 10 heteroatoms. The van der Waals surface area contributed by atoms with Crippen LogP contribution in [0.1, 0.15) is 31.7 Å². The van der Waals surface area contributed by atoms with E-state index in [2.05, 4.69) is 13.8 Å². The second kappa shape index (κ2) is 9.01. The van der Waals surface area contributed by atoms with Crippen LogP contribution in [-0.4, -0.2) is 64.8 Å². The number of nitrogens with zero attached hydrogens (tertiary/aromatic N) is 2. The summed E-state index contributed by atoms with van der Waals surface area (Å²) in [5.41, 5.74) is 1.10. The van der Waals surface area contributed by atoms with Crippen LogP contribution in [0.3, 0.4) is 0 Å². The van der Waals surface area contributed by atoms with Crippen LogP contribution in [-0.2, 0) is 20.0 Å². The Kier molecular flexibility index (Phi) is 6.49. The van der Waals surface area contributed by atoms with Crippen molar-refractivity contribution in [2.45, 2.75) is 36.0 Å². The van der Waals surface area contributed by atoms with E-state index >= 15 is 0 Å². The van der Waals surface area contributed by atoms with Crippen molar-refractivity contribution in [3.05, 3.63) is 48.0 Å². The molecule has 0 radical (unpaired) electrons. The molecule has 0 bridgehead atoms. The monoisotopic (exact) mass is 480 g/mol. The van der Waals surface area contributed by atoms with Crippen molar-refractivity contribution in [3.8, 4) is 11.5 Å². The molecule has 0 aromatic heterocycles. The molecule has 32 heavy (non-hydrogen) atoms. The molecular weight excluding hydrogens is 452 g/mol. The predicted molar refractivity (Wildman–Crippen MR) is 120 cm³/mol. The topological polar surface area (TPSA) is 93.2 Å². The third-order valence-electron chi connectivity index (χ3n) is 6.05. The van der Waals surface area contributed by atoms with Gasteiger partial charge >= 0.3 is 0 Å². The van der Waals surface area contributed by atoms with Crippen molar-refractivity contribution in [3.63, 3.8) is 0 Å². The summed E-state index contributed by atoms with van der Waals surface area (Å²) in [4.78, 5) is 0.339. The van der Waals surface area contributed by atoms with Gasteiger partial charge in [-0.05, 0) is 42.2 Å². The quantitative estimate of drug-likeness (QED) is 0.631. The molecule has 1 fully saturated rings. The van der Waals surface area contributed by atoms with E-state index in [9.17, 15) is 16.8 Å². The largest absolute Gasteiger partial charge is 0.486 e. The smallest absolute Gasteiger partial charge is 0.243 e. The second-order valence-electron chi connectivity index (χ2n) is 7.99. The minimum absolute atomic E-state index is 0.0843. The van der Waals surface area contributed by atoms with E-state index in [1.807, 2.05) is 12.1 Å². The van der Waals surface area contributed by atoms with Gasteiger partial charge in [-0.25, -0.2) is 16.8 Å². The molecule has 0 amide bonds. The van der Waals surface area contributed by atoms with E-state index < -0.39 is 20.0 Å². The lowest BCUT2D eigenvalue weighted by Crippen LogP contribution is -2.50. The van der Waals surface area contributed by atoms with Gasteiger partial charge in [-0.1, -0.05) is 26.0 Å². The Morgan fingerprint density at radius 2 is 1.28 bits per heavy atom. The highest BCUT2D eigenvalue weighted by molar-refractivity contribution is 7.89. The van der Waals surface area contributed by atoms with Crippen molar-refractivity contribution >= 4 is 20.0 Å². The Morgan fingerprint density at radius 1 is 0.781 bits per heavy atom. The van der Waals surface area contributed by atoms with Gasteiger partial charge in [-0.15, -0.1) is 0 Å². The van der Waals surface area contributed by atoms with Gasteiger partial charge in [0.15, 0.2) is 11.5 Å². The fraction of sp³-hybridized carbons (Fsp3) is 0.455. The lowest BCUT2D eigenvalue weighted by atomic mass is 9.99. The lowest BCUT2D eigenvalue weighted by Gasteiger charge is -2.33. The third kappa shape index (κ3) is 4.36. The molecule has 2 aromatic rings. The van der Waals surface area contributed by atoms with Crippen molar-refractivity contribution < 1.29 is 26.3 Å². The zero-order chi connectivity index (χ0) is 22.9. The zero-order valence-electron chi connectivity index (χ0n) is 18.2. The van der Waals surface area contributed by atoms with E-state index in [1.54, 1.807) is 18.2 Å². The molecule has 174 valence electrons. The number of hydrogen-bond donors (Lipinski definition) is 0. The first-order valence-corrected chi connectivity index (χ1v) is 13.6. The molecule has 1 unspecified atom stereocenters. The van der Waals surface area contributed by atoms with Crippen LogP contribution >= 0.6 is 0 Å². The Hall–Kier alpha value is -2.14. The van der Waals surface area contributed by atoms with E-state index in [-0.39, 0.29) is 36.0 Å². The normalized spacial score (nSPS) is 18.9. The maximum atomic E-state index is 13.1. The van der Waals surface area contributed by atoms with Crippen molar-refractivity contribution in [2.75, 3.05) is 39.4 Å². The number of benzene rings is 2. The second-order valence-corrected chi connectivity index (χ2v) is 11.9. The summed E-state index contributed by atoms with van der Waals surface area (Å²) in [6.45, 7) is 5.35. The molecule has 1 atom stereocenters. The first-order valence-electron chi connectivity index (χ1n) is 10.7. The maximum absolute atomic E-state index is 13.1. The fourth-order valence-electron chi connectivity index (χ4n) is 3.84. The molecule has 8 nitrogen and oxygen atoms in total. The highest BCUT2D eigenvalue weighted by Crippen LogP contribution is 2.33. The summed E-state index contributed by atoms with van der Waals surface area (Å²) in [6.07, 6.45) is 0.978. The SMILES string of the molecule is CCC(C)c1ccc(S(=O)(=O)N2CCN(S(=O)(=O)c3ccc4c(c3)OCCO4)CC2)cc1. The van der Waals surface area contributed by atoms with Crippen LogP contribution < -0.4 is 9.47 Å². The number of fused-ring (bicyclic) bond motifs is 1. The Bertz CT molecular complexity index is 1170. The van der Waals surface area contributed by atoms with E-state index in [0.717, 1.165) is 12.0 Å². The summed E-state index contributed by atoms with van der Waals surface area (Å²) in [7, 11) is -7.45. The molecule has 2 aliphatic rings. The molecular formula is C22H28N2O6S2. The number of sulfonamides is 2. The Balaban J connectivity index is 1.46. The molecule has 0 N–H and O–H groups in total. The van der Waals surface area contributed by atoms with Gasteiger partial charge < -0.3 is 9.47 Å². The maximum Gasteiger partial charge on any atom is 0.243 e. The summed E-state index contributed by atoms with van der Waals surface area (Å²) in [5, 5.41) is 0. The summed E-state index contributed by atoms with van der Waals surface area (Å²) < 4.78 is 65.9. The first-order chi connectivity index (χ1) is 15.2. The molecule has 2 aromatic carbocycles. The number of piperazine rings is 1. The Labute approximate surface area is 189 Å². The molecule has 0 saturated carbocycles. The zero-order valence-corrected chi connectivity index (χ0v) is 19.9. The van der Waals surface area contributed by atoms with Gasteiger partial charge in [0.25, 0.3) is 0 Å². The van der Waals surface area contributed by atoms with Gasteiger partial charge in [-0.3, -0.25) is 0 Å². The van der Waals surface area contributed by atoms with E-state index in [0.29, 0.717) is 30.6 Å². The highest BCUT2D eigenvalue weighted by Gasteiger charge is 2.34. The summed E-state index contributed by atoms with van der Waals surface area (Å²) in [5.74, 6) is 1.28. The number of rotatable bonds is 6. The lowest BCUT2D eigenvalue weighted by molar-refractivity contribution is 0.171. The highest BCUT2D eigenvalue weighted by atomic mass is 32.2. The van der Waals surface area contributed by atoms with Crippen LogP contribution in [0, 0.1) is 0 Å².